The zero-order valence-electron chi connectivity index (χ0n) is 33.2. The highest BCUT2D eigenvalue weighted by Gasteiger charge is 2.52. The van der Waals surface area contributed by atoms with Crippen molar-refractivity contribution in [2.75, 3.05) is 4.90 Å². The molecule has 2 aliphatic carbocycles. The van der Waals surface area contributed by atoms with Crippen LogP contribution in [0.5, 0.6) is 0 Å². The Balaban J connectivity index is 1.12. The van der Waals surface area contributed by atoms with E-state index >= 15 is 0 Å². The monoisotopic (exact) mass is 791 g/mol. The molecule has 0 saturated carbocycles. The minimum atomic E-state index is -0.442. The van der Waals surface area contributed by atoms with Crippen LogP contribution >= 0.6 is 11.3 Å². The van der Waals surface area contributed by atoms with Crippen LogP contribution in [-0.2, 0) is 5.41 Å². The maximum atomic E-state index is 2.55. The number of anilines is 3. The summed E-state index contributed by atoms with van der Waals surface area (Å²) >= 11 is 1.90. The summed E-state index contributed by atoms with van der Waals surface area (Å²) in [7, 11) is 0. The zero-order valence-corrected chi connectivity index (χ0v) is 34.0. The quantitative estimate of drug-likeness (QED) is 0.168. The van der Waals surface area contributed by atoms with Crippen molar-refractivity contribution < 1.29 is 0 Å². The fourth-order valence-corrected chi connectivity index (χ4v) is 12.0. The number of hydrogen-bond acceptors (Lipinski definition) is 2. The number of para-hydroxylation sites is 1. The number of benzene rings is 10. The van der Waals surface area contributed by atoms with Crippen molar-refractivity contribution in [3.63, 3.8) is 0 Å². The molecule has 0 bridgehead atoms. The van der Waals surface area contributed by atoms with Crippen LogP contribution in [0.1, 0.15) is 22.3 Å². The van der Waals surface area contributed by atoms with Crippen molar-refractivity contribution in [3.8, 4) is 44.5 Å². The van der Waals surface area contributed by atoms with Gasteiger partial charge in [-0.15, -0.1) is 11.3 Å². The van der Waals surface area contributed by atoms with Gasteiger partial charge in [-0.2, -0.15) is 0 Å². The number of nitrogens with zero attached hydrogens (tertiary/aromatic N) is 1. The van der Waals surface area contributed by atoms with E-state index in [2.05, 4.69) is 229 Å². The Morgan fingerprint density at radius 2 is 0.852 bits per heavy atom. The molecule has 1 heterocycles. The molecule has 10 aromatic carbocycles. The molecule has 0 N–H and O–H groups in total. The normalized spacial score (nSPS) is 13.0. The highest BCUT2D eigenvalue weighted by atomic mass is 32.1. The van der Waals surface area contributed by atoms with E-state index in [4.69, 9.17) is 0 Å². The molecule has 1 nitrogen and oxygen atoms in total. The first kappa shape index (κ1) is 34.4. The highest BCUT2D eigenvalue weighted by molar-refractivity contribution is 7.26. The van der Waals surface area contributed by atoms with Gasteiger partial charge >= 0.3 is 0 Å². The summed E-state index contributed by atoms with van der Waals surface area (Å²) in [5.41, 5.74) is 18.4. The lowest BCUT2D eigenvalue weighted by Crippen LogP contribution is -2.26. The van der Waals surface area contributed by atoms with Crippen LogP contribution in [0.3, 0.4) is 0 Å². The van der Waals surface area contributed by atoms with Gasteiger partial charge in [0.25, 0.3) is 0 Å². The molecule has 2 heteroatoms. The second kappa shape index (κ2) is 13.2. The summed E-state index contributed by atoms with van der Waals surface area (Å²) in [5, 5.41) is 5.14. The molecule has 0 amide bonds. The van der Waals surface area contributed by atoms with Crippen molar-refractivity contribution in [1.29, 1.82) is 0 Å². The van der Waals surface area contributed by atoms with Crippen LogP contribution in [0.25, 0.3) is 75.5 Å². The molecule has 1 aromatic heterocycles. The summed E-state index contributed by atoms with van der Waals surface area (Å²) in [4.78, 5) is 2.55. The van der Waals surface area contributed by atoms with Crippen LogP contribution < -0.4 is 4.90 Å². The second-order valence-electron chi connectivity index (χ2n) is 16.3. The maximum absolute atomic E-state index is 2.55. The topological polar surface area (TPSA) is 3.24 Å². The molecule has 0 radical (unpaired) electrons. The number of hydrogen-bond donors (Lipinski definition) is 0. The Morgan fingerprint density at radius 1 is 0.328 bits per heavy atom. The predicted molar refractivity (Wildman–Crippen MR) is 259 cm³/mol. The van der Waals surface area contributed by atoms with Crippen LogP contribution in [0, 0.1) is 0 Å². The first-order valence-electron chi connectivity index (χ1n) is 21.1. The number of fused-ring (bicyclic) bond motifs is 15. The van der Waals surface area contributed by atoms with Gasteiger partial charge < -0.3 is 4.90 Å². The minimum absolute atomic E-state index is 0.442. The van der Waals surface area contributed by atoms with Gasteiger partial charge in [0.1, 0.15) is 0 Å². The van der Waals surface area contributed by atoms with Crippen LogP contribution in [-0.4, -0.2) is 0 Å². The predicted octanol–water partition coefficient (Wildman–Crippen LogP) is 16.4. The van der Waals surface area contributed by atoms with Gasteiger partial charge in [-0.3, -0.25) is 0 Å². The Hall–Kier alpha value is -7.52. The average molecular weight is 792 g/mol. The SMILES string of the molecule is c1ccc(-c2ccccc2N(c2ccc3sc4c5ccccc5c(-c5ccccc5)cc4c3c2)c2cccc3c2-c2ccccc2C32c3ccccc3-c3ccccc32)cc1. The lowest BCUT2D eigenvalue weighted by Gasteiger charge is -2.32. The summed E-state index contributed by atoms with van der Waals surface area (Å²) in [5.74, 6) is 0. The standard InChI is InChI=1S/C59H37NS/c1-3-18-38(19-4-1)41-22-12-16-32-54(41)60(40-34-35-56-48(36-40)49-37-47(39-20-5-2-6-21-39)42-23-7-8-26-45(42)58(49)61-56)55-33-17-31-53-57(55)46-27-11-15-30-52(46)59(53)50-28-13-9-24-43(50)44-25-10-14-29-51(44)59/h1-37H. The fraction of sp³-hybridized carbons (Fsp3) is 0.0169. The third kappa shape index (κ3) is 4.83. The van der Waals surface area contributed by atoms with E-state index in [1.165, 1.54) is 103 Å². The number of thiophene rings is 1. The summed E-state index contributed by atoms with van der Waals surface area (Å²) in [6, 6.07) is 83.5. The van der Waals surface area contributed by atoms with Gasteiger partial charge in [-0.25, -0.2) is 0 Å². The van der Waals surface area contributed by atoms with Crippen LogP contribution in [0.2, 0.25) is 0 Å². The third-order valence-corrected chi connectivity index (χ3v) is 14.5. The van der Waals surface area contributed by atoms with E-state index in [1.54, 1.807) is 0 Å². The third-order valence-electron chi connectivity index (χ3n) is 13.3. The van der Waals surface area contributed by atoms with E-state index in [0.717, 1.165) is 11.4 Å². The summed E-state index contributed by atoms with van der Waals surface area (Å²) < 4.78 is 2.61. The van der Waals surface area contributed by atoms with E-state index in [-0.39, 0.29) is 0 Å². The van der Waals surface area contributed by atoms with Crippen molar-refractivity contribution in [2.45, 2.75) is 5.41 Å². The smallest absolute Gasteiger partial charge is 0.0726 e. The van der Waals surface area contributed by atoms with E-state index < -0.39 is 5.41 Å². The summed E-state index contributed by atoms with van der Waals surface area (Å²) in [6.45, 7) is 0. The van der Waals surface area contributed by atoms with Crippen molar-refractivity contribution in [1.82, 2.24) is 0 Å². The molecule has 61 heavy (non-hydrogen) atoms. The molecule has 11 aromatic rings. The first-order valence-corrected chi connectivity index (χ1v) is 21.9. The van der Waals surface area contributed by atoms with Gasteiger partial charge in [0.2, 0.25) is 0 Å². The van der Waals surface area contributed by atoms with E-state index in [9.17, 15) is 0 Å². The van der Waals surface area contributed by atoms with E-state index in [0.29, 0.717) is 0 Å². The van der Waals surface area contributed by atoms with Crippen molar-refractivity contribution in [2.24, 2.45) is 0 Å². The molecular formula is C59H37NS. The Labute approximate surface area is 359 Å². The number of rotatable bonds is 5. The molecule has 0 fully saturated rings. The molecule has 0 unspecified atom stereocenters. The molecule has 2 aliphatic rings. The largest absolute Gasteiger partial charge is 0.309 e. The molecule has 0 saturated heterocycles. The van der Waals surface area contributed by atoms with Gasteiger partial charge in [0, 0.05) is 42.4 Å². The van der Waals surface area contributed by atoms with E-state index in [1.807, 2.05) is 11.3 Å². The van der Waals surface area contributed by atoms with Gasteiger partial charge in [0.15, 0.2) is 0 Å². The second-order valence-corrected chi connectivity index (χ2v) is 17.4. The zero-order chi connectivity index (χ0) is 40.1. The lowest BCUT2D eigenvalue weighted by atomic mass is 9.70. The fourth-order valence-electron chi connectivity index (χ4n) is 10.8. The minimum Gasteiger partial charge on any atom is -0.309 e. The highest BCUT2D eigenvalue weighted by Crippen LogP contribution is 2.65. The Bertz CT molecular complexity index is 3500. The molecule has 0 atom stereocenters. The van der Waals surface area contributed by atoms with Gasteiger partial charge in [0.05, 0.1) is 16.8 Å². The van der Waals surface area contributed by atoms with Crippen LogP contribution in [0.4, 0.5) is 17.1 Å². The average Bonchev–Trinajstić information content (AvgIpc) is 3.96. The molecular weight excluding hydrogens is 755 g/mol. The lowest BCUT2D eigenvalue weighted by molar-refractivity contribution is 0.794. The maximum Gasteiger partial charge on any atom is 0.0726 e. The summed E-state index contributed by atoms with van der Waals surface area (Å²) in [6.07, 6.45) is 0. The Morgan fingerprint density at radius 3 is 1.56 bits per heavy atom. The molecule has 13 rings (SSSR count). The van der Waals surface area contributed by atoms with Crippen molar-refractivity contribution in [3.05, 3.63) is 247 Å². The van der Waals surface area contributed by atoms with Crippen LogP contribution in [0.15, 0.2) is 224 Å². The van der Waals surface area contributed by atoms with Gasteiger partial charge in [-0.1, -0.05) is 188 Å². The molecule has 1 spiro atoms. The first-order chi connectivity index (χ1) is 30.3. The Kier molecular flexibility index (Phi) is 7.46. The van der Waals surface area contributed by atoms with Crippen molar-refractivity contribution >= 4 is 59.3 Å². The van der Waals surface area contributed by atoms with Gasteiger partial charge in [-0.05, 0) is 97.4 Å². The molecule has 284 valence electrons. The molecule has 0 aliphatic heterocycles.